The SMILES string of the molecule is CNc1nc(C)nc2c1ncn2[C@@H]1O[C@H](CO[P@@](=O)(N[C@H](C)C(=O)OC(C)C)Oc2ccccc2)[C@@H](O)[C@@]1(C)F. The van der Waals surface area contributed by atoms with Crippen molar-refractivity contribution in [1.82, 2.24) is 24.6 Å². The Kier molecular flexibility index (Phi) is 8.76. The molecular weight excluding hydrogens is 546 g/mol. The minimum absolute atomic E-state index is 0.198. The molecule has 1 fully saturated rings. The number of carbonyl (C=O) groups is 1. The number of fused-ring (bicyclic) bond motifs is 1. The number of hydrogen-bond acceptors (Lipinski definition) is 11. The number of aliphatic hydroxyl groups is 1. The predicted molar refractivity (Wildman–Crippen MR) is 143 cm³/mol. The van der Waals surface area contributed by atoms with Crippen molar-refractivity contribution in [1.29, 1.82) is 0 Å². The van der Waals surface area contributed by atoms with Gasteiger partial charge in [0.15, 0.2) is 28.9 Å². The Labute approximate surface area is 231 Å². The second-order valence-corrected chi connectivity index (χ2v) is 11.5. The third-order valence-electron chi connectivity index (χ3n) is 6.17. The maximum absolute atomic E-state index is 16.0. The Morgan fingerprint density at radius 3 is 2.62 bits per heavy atom. The van der Waals surface area contributed by atoms with Gasteiger partial charge in [-0.1, -0.05) is 18.2 Å². The molecule has 3 aromatic rings. The Morgan fingerprint density at radius 1 is 1.27 bits per heavy atom. The standard InChI is InChI=1S/C25H34FN6O7P/c1-14(2)37-23(34)15(3)31-40(35,39-17-10-8-7-9-11-17)36-12-18-20(33)25(5,26)24(38-18)32-13-28-19-21(27-6)29-16(4)30-22(19)32/h7-11,13-15,18,20,24,33H,12H2,1-6H3,(H,31,35)(H,27,29,30)/t15-,18-,20-,24-,25-,40+/m1/s1. The van der Waals surface area contributed by atoms with Crippen LogP contribution < -0.4 is 14.9 Å². The molecule has 4 rings (SSSR count). The molecule has 40 heavy (non-hydrogen) atoms. The van der Waals surface area contributed by atoms with Gasteiger partial charge in [-0.2, -0.15) is 5.09 Å². The molecule has 0 spiro atoms. The van der Waals surface area contributed by atoms with E-state index in [1.165, 1.54) is 24.7 Å². The number of halogens is 1. The monoisotopic (exact) mass is 580 g/mol. The minimum Gasteiger partial charge on any atom is -0.462 e. The summed E-state index contributed by atoms with van der Waals surface area (Å²) in [5, 5.41) is 16.4. The molecule has 1 aliphatic rings. The lowest BCUT2D eigenvalue weighted by atomic mass is 9.98. The molecule has 0 saturated carbocycles. The van der Waals surface area contributed by atoms with Crippen LogP contribution in [0.25, 0.3) is 11.2 Å². The van der Waals surface area contributed by atoms with Crippen LogP contribution in [0.5, 0.6) is 5.75 Å². The van der Waals surface area contributed by atoms with E-state index in [-0.39, 0.29) is 5.75 Å². The lowest BCUT2D eigenvalue weighted by molar-refractivity contribution is -0.149. The van der Waals surface area contributed by atoms with Crippen molar-refractivity contribution < 1.29 is 37.4 Å². The van der Waals surface area contributed by atoms with Crippen LogP contribution in [-0.2, 0) is 23.4 Å². The summed E-state index contributed by atoms with van der Waals surface area (Å²) >= 11 is 0. The number of nitrogens with zero attached hydrogens (tertiary/aromatic N) is 4. The maximum atomic E-state index is 16.0. The van der Waals surface area contributed by atoms with Crippen molar-refractivity contribution in [3.63, 3.8) is 0 Å². The smallest absolute Gasteiger partial charge is 0.459 e. The number of imidazole rings is 1. The fourth-order valence-corrected chi connectivity index (χ4v) is 5.73. The van der Waals surface area contributed by atoms with Gasteiger partial charge in [-0.3, -0.25) is 13.9 Å². The summed E-state index contributed by atoms with van der Waals surface area (Å²) in [7, 11) is -2.59. The first-order chi connectivity index (χ1) is 18.8. The van der Waals surface area contributed by atoms with Crippen LogP contribution in [0.2, 0.25) is 0 Å². The van der Waals surface area contributed by atoms with Crippen LogP contribution in [0.3, 0.4) is 0 Å². The Hall–Kier alpha value is -3.16. The van der Waals surface area contributed by atoms with Gasteiger partial charge in [0.1, 0.15) is 29.8 Å². The maximum Gasteiger partial charge on any atom is 0.459 e. The fourth-order valence-electron chi connectivity index (χ4n) is 4.23. The zero-order valence-corrected chi connectivity index (χ0v) is 24.0. The van der Waals surface area contributed by atoms with Gasteiger partial charge >= 0.3 is 13.7 Å². The molecule has 1 aromatic carbocycles. The van der Waals surface area contributed by atoms with E-state index < -0.39 is 56.6 Å². The van der Waals surface area contributed by atoms with E-state index in [0.29, 0.717) is 22.8 Å². The van der Waals surface area contributed by atoms with E-state index >= 15 is 4.39 Å². The number of benzene rings is 1. The highest BCUT2D eigenvalue weighted by molar-refractivity contribution is 7.52. The number of aryl methyl sites for hydroxylation is 1. The van der Waals surface area contributed by atoms with Gasteiger partial charge < -0.3 is 24.4 Å². The molecular formula is C25H34FN6O7P. The summed E-state index contributed by atoms with van der Waals surface area (Å²) in [5.74, 6) is 0.404. The minimum atomic E-state index is -4.26. The van der Waals surface area contributed by atoms with Gasteiger partial charge in [-0.15, -0.1) is 0 Å². The van der Waals surface area contributed by atoms with E-state index in [1.807, 2.05) is 0 Å². The fraction of sp³-hybridized carbons (Fsp3) is 0.520. The molecule has 0 radical (unpaired) electrons. The number of rotatable bonds is 11. The molecule has 1 saturated heterocycles. The van der Waals surface area contributed by atoms with Gasteiger partial charge in [0.25, 0.3) is 0 Å². The Morgan fingerprint density at radius 2 is 1.98 bits per heavy atom. The third-order valence-corrected chi connectivity index (χ3v) is 7.82. The van der Waals surface area contributed by atoms with Gasteiger partial charge in [0, 0.05) is 7.05 Å². The molecule has 2 aromatic heterocycles. The van der Waals surface area contributed by atoms with Crippen molar-refractivity contribution in [2.45, 2.75) is 70.9 Å². The zero-order valence-electron chi connectivity index (χ0n) is 23.1. The highest BCUT2D eigenvalue weighted by Crippen LogP contribution is 2.48. The molecule has 13 nitrogen and oxygen atoms in total. The summed E-state index contributed by atoms with van der Waals surface area (Å²) in [4.78, 5) is 25.3. The lowest BCUT2D eigenvalue weighted by Crippen LogP contribution is -2.41. The topological polar surface area (TPSA) is 159 Å². The lowest BCUT2D eigenvalue weighted by Gasteiger charge is -2.25. The number of aliphatic hydroxyl groups excluding tert-OH is 1. The van der Waals surface area contributed by atoms with Crippen molar-refractivity contribution in [3.05, 3.63) is 42.5 Å². The molecule has 0 unspecified atom stereocenters. The summed E-state index contributed by atoms with van der Waals surface area (Å²) in [6.45, 7) is 7.13. The van der Waals surface area contributed by atoms with E-state index in [2.05, 4.69) is 25.4 Å². The molecule has 218 valence electrons. The van der Waals surface area contributed by atoms with Gasteiger partial charge in [-0.05, 0) is 46.8 Å². The molecule has 0 amide bonds. The number of alkyl halides is 1. The average Bonchev–Trinajstić information content (AvgIpc) is 3.40. The van der Waals surface area contributed by atoms with Gasteiger partial charge in [0.2, 0.25) is 0 Å². The van der Waals surface area contributed by atoms with Crippen molar-refractivity contribution in [3.8, 4) is 5.75 Å². The number of anilines is 1. The van der Waals surface area contributed by atoms with E-state index in [0.717, 1.165) is 0 Å². The van der Waals surface area contributed by atoms with Crippen LogP contribution in [0.1, 0.15) is 39.7 Å². The summed E-state index contributed by atoms with van der Waals surface area (Å²) in [5.41, 5.74) is -1.61. The molecule has 3 heterocycles. The molecule has 0 bridgehead atoms. The normalized spacial score (nSPS) is 25.1. The number of para-hydroxylation sites is 1. The second-order valence-electron chi connectivity index (χ2n) is 9.85. The Bertz CT molecular complexity index is 1390. The van der Waals surface area contributed by atoms with Crippen LogP contribution in [-0.4, -0.2) is 74.3 Å². The summed E-state index contributed by atoms with van der Waals surface area (Å²) in [6.07, 6.45) is -3.34. The Balaban J connectivity index is 1.56. The highest BCUT2D eigenvalue weighted by atomic mass is 31.2. The van der Waals surface area contributed by atoms with E-state index in [9.17, 15) is 14.5 Å². The zero-order chi connectivity index (χ0) is 29.2. The van der Waals surface area contributed by atoms with Gasteiger partial charge in [0.05, 0.1) is 19.0 Å². The summed E-state index contributed by atoms with van der Waals surface area (Å²) in [6, 6.07) is 7.10. The number of ether oxygens (including phenoxy) is 2. The largest absolute Gasteiger partial charge is 0.462 e. The predicted octanol–water partition coefficient (Wildman–Crippen LogP) is 3.30. The number of esters is 1. The second kappa shape index (κ2) is 11.8. The van der Waals surface area contributed by atoms with Crippen LogP contribution >= 0.6 is 7.75 Å². The molecule has 1 aliphatic heterocycles. The summed E-state index contributed by atoms with van der Waals surface area (Å²) < 4.78 is 53.4. The highest BCUT2D eigenvalue weighted by Gasteiger charge is 2.56. The molecule has 15 heteroatoms. The third kappa shape index (κ3) is 6.26. The first kappa shape index (κ1) is 29.8. The first-order valence-corrected chi connectivity index (χ1v) is 14.3. The van der Waals surface area contributed by atoms with Crippen molar-refractivity contribution >= 4 is 30.7 Å². The van der Waals surface area contributed by atoms with E-state index in [4.69, 9.17) is 18.5 Å². The number of nitrogens with one attached hydrogen (secondary N) is 2. The van der Waals surface area contributed by atoms with Crippen molar-refractivity contribution in [2.24, 2.45) is 0 Å². The number of aromatic nitrogens is 4. The van der Waals surface area contributed by atoms with Crippen LogP contribution in [0.4, 0.5) is 10.2 Å². The van der Waals surface area contributed by atoms with Crippen LogP contribution in [0.15, 0.2) is 36.7 Å². The molecule has 0 aliphatic carbocycles. The van der Waals surface area contributed by atoms with E-state index in [1.54, 1.807) is 58.2 Å². The molecule has 3 N–H and O–H groups in total. The first-order valence-electron chi connectivity index (χ1n) is 12.7. The quantitative estimate of drug-likeness (QED) is 0.225. The average molecular weight is 581 g/mol. The number of carbonyl (C=O) groups excluding carboxylic acids is 1. The molecule has 6 atom stereocenters. The van der Waals surface area contributed by atoms with Crippen molar-refractivity contribution in [2.75, 3.05) is 19.0 Å². The number of hydrogen-bond donors (Lipinski definition) is 3. The van der Waals surface area contributed by atoms with Gasteiger partial charge in [-0.25, -0.2) is 23.9 Å². The van der Waals surface area contributed by atoms with Crippen LogP contribution in [0, 0.1) is 6.92 Å².